The van der Waals surface area contributed by atoms with Crippen molar-refractivity contribution in [3.8, 4) is 17.0 Å². The minimum absolute atomic E-state index is 0.000901. The van der Waals surface area contributed by atoms with Crippen LogP contribution in [0.1, 0.15) is 17.5 Å². The lowest BCUT2D eigenvalue weighted by Gasteiger charge is -2.33. The second kappa shape index (κ2) is 7.17. The van der Waals surface area contributed by atoms with Crippen molar-refractivity contribution in [2.45, 2.75) is 31.7 Å². The van der Waals surface area contributed by atoms with Gasteiger partial charge in [0.05, 0.1) is 13.2 Å². The standard InChI is InChI=1S/C19H23FN4O2/c1-24-9-12(20)8-13(10-24)21-19-14-6-7-26-11-16(14)18(22-23-19)15-4-2-3-5-17(15)25/h2-5,12-13,25H,6-11H2,1H3,(H,21,23)/t12-,13-/m1/s1. The maximum absolute atomic E-state index is 13.9. The highest BCUT2D eigenvalue weighted by atomic mass is 19.1. The van der Waals surface area contributed by atoms with E-state index in [0.29, 0.717) is 43.3 Å². The van der Waals surface area contributed by atoms with Crippen LogP contribution in [0.5, 0.6) is 5.75 Å². The number of alkyl halides is 1. The van der Waals surface area contributed by atoms with Crippen LogP contribution in [-0.2, 0) is 17.8 Å². The summed E-state index contributed by atoms with van der Waals surface area (Å²) >= 11 is 0. The van der Waals surface area contributed by atoms with Gasteiger partial charge in [0.1, 0.15) is 17.6 Å². The molecule has 0 spiro atoms. The molecule has 138 valence electrons. The van der Waals surface area contributed by atoms with E-state index in [1.54, 1.807) is 12.1 Å². The average Bonchev–Trinajstić information content (AvgIpc) is 2.62. The molecule has 0 bridgehead atoms. The molecule has 6 nitrogen and oxygen atoms in total. The number of benzene rings is 1. The molecule has 2 aliphatic heterocycles. The van der Waals surface area contributed by atoms with E-state index >= 15 is 0 Å². The molecule has 2 atom stereocenters. The molecule has 0 saturated carbocycles. The average molecular weight is 358 g/mol. The highest BCUT2D eigenvalue weighted by Crippen LogP contribution is 2.35. The van der Waals surface area contributed by atoms with Crippen LogP contribution in [0.15, 0.2) is 24.3 Å². The molecule has 2 N–H and O–H groups in total. The van der Waals surface area contributed by atoms with Crippen LogP contribution in [0.25, 0.3) is 11.3 Å². The lowest BCUT2D eigenvalue weighted by molar-refractivity contribution is 0.110. The van der Waals surface area contributed by atoms with E-state index in [1.807, 2.05) is 24.1 Å². The molecule has 1 saturated heterocycles. The minimum atomic E-state index is -0.834. The topological polar surface area (TPSA) is 70.5 Å². The van der Waals surface area contributed by atoms with Crippen molar-refractivity contribution < 1.29 is 14.2 Å². The number of aromatic nitrogens is 2. The van der Waals surface area contributed by atoms with Crippen molar-refractivity contribution >= 4 is 5.82 Å². The van der Waals surface area contributed by atoms with E-state index in [-0.39, 0.29) is 11.8 Å². The Balaban J connectivity index is 1.68. The van der Waals surface area contributed by atoms with Crippen molar-refractivity contribution in [1.82, 2.24) is 15.1 Å². The third-order valence-corrected chi connectivity index (χ3v) is 5.01. The van der Waals surface area contributed by atoms with Crippen LogP contribution in [-0.4, -0.2) is 59.2 Å². The monoisotopic (exact) mass is 358 g/mol. The van der Waals surface area contributed by atoms with Crippen molar-refractivity contribution in [3.63, 3.8) is 0 Å². The molecule has 2 aromatic rings. The fourth-order valence-electron chi connectivity index (χ4n) is 3.83. The number of aromatic hydroxyl groups is 1. The molecule has 26 heavy (non-hydrogen) atoms. The van der Waals surface area contributed by atoms with Crippen LogP contribution in [0.2, 0.25) is 0 Å². The summed E-state index contributed by atoms with van der Waals surface area (Å²) in [5, 5.41) is 22.3. The number of halogens is 1. The number of hydrogen-bond donors (Lipinski definition) is 2. The summed E-state index contributed by atoms with van der Waals surface area (Å²) in [5.41, 5.74) is 3.28. The van der Waals surface area contributed by atoms with Gasteiger partial charge in [-0.3, -0.25) is 0 Å². The maximum atomic E-state index is 13.9. The zero-order valence-corrected chi connectivity index (χ0v) is 14.8. The summed E-state index contributed by atoms with van der Waals surface area (Å²) in [4.78, 5) is 1.99. The number of likely N-dealkylation sites (N-methyl/N-ethyl adjacent to an activating group) is 1. The van der Waals surface area contributed by atoms with E-state index in [1.165, 1.54) is 0 Å². The lowest BCUT2D eigenvalue weighted by Crippen LogP contribution is -2.45. The van der Waals surface area contributed by atoms with Crippen LogP contribution < -0.4 is 5.32 Å². The molecule has 7 heteroatoms. The van der Waals surface area contributed by atoms with Gasteiger partial charge in [-0.05, 0) is 25.6 Å². The largest absolute Gasteiger partial charge is 0.507 e. The molecule has 0 radical (unpaired) electrons. The lowest BCUT2D eigenvalue weighted by atomic mass is 9.97. The Kier molecular flexibility index (Phi) is 4.74. The van der Waals surface area contributed by atoms with Crippen LogP contribution in [0.4, 0.5) is 10.2 Å². The molecule has 1 fully saturated rings. The van der Waals surface area contributed by atoms with Gasteiger partial charge in [0, 0.05) is 42.2 Å². The number of piperidine rings is 1. The fraction of sp³-hybridized carbons (Fsp3) is 0.474. The third-order valence-electron chi connectivity index (χ3n) is 5.01. The fourth-order valence-corrected chi connectivity index (χ4v) is 3.83. The van der Waals surface area contributed by atoms with Crippen LogP contribution in [0.3, 0.4) is 0 Å². The Morgan fingerprint density at radius 1 is 1.23 bits per heavy atom. The quantitative estimate of drug-likeness (QED) is 0.878. The number of fused-ring (bicyclic) bond motifs is 1. The first-order valence-corrected chi connectivity index (χ1v) is 8.95. The number of nitrogens with one attached hydrogen (secondary N) is 1. The molecule has 3 heterocycles. The van der Waals surface area contributed by atoms with Crippen molar-refractivity contribution in [2.24, 2.45) is 0 Å². The van der Waals surface area contributed by atoms with Gasteiger partial charge in [-0.15, -0.1) is 10.2 Å². The molecule has 1 aromatic carbocycles. The molecular formula is C19H23FN4O2. The van der Waals surface area contributed by atoms with Crippen molar-refractivity contribution in [3.05, 3.63) is 35.4 Å². The van der Waals surface area contributed by atoms with Gasteiger partial charge < -0.3 is 20.1 Å². The summed E-state index contributed by atoms with van der Waals surface area (Å²) < 4.78 is 19.5. The Bertz CT molecular complexity index is 791. The van der Waals surface area contributed by atoms with Crippen LogP contribution >= 0.6 is 0 Å². The summed E-state index contributed by atoms with van der Waals surface area (Å²) in [5.74, 6) is 0.874. The summed E-state index contributed by atoms with van der Waals surface area (Å²) in [6.07, 6.45) is 0.354. The summed E-state index contributed by atoms with van der Waals surface area (Å²) in [6.45, 7) is 2.29. The van der Waals surface area contributed by atoms with Gasteiger partial charge in [-0.2, -0.15) is 0 Å². The Hall–Kier alpha value is -2.25. The predicted molar refractivity (Wildman–Crippen MR) is 96.9 cm³/mol. The van der Waals surface area contributed by atoms with E-state index < -0.39 is 6.17 Å². The van der Waals surface area contributed by atoms with E-state index in [4.69, 9.17) is 4.74 Å². The first-order chi connectivity index (χ1) is 12.6. The number of rotatable bonds is 3. The normalized spacial score (nSPS) is 23.5. The van der Waals surface area contributed by atoms with Gasteiger partial charge in [0.25, 0.3) is 0 Å². The number of ether oxygens (including phenoxy) is 1. The molecule has 0 aliphatic carbocycles. The minimum Gasteiger partial charge on any atom is -0.507 e. The summed E-state index contributed by atoms with van der Waals surface area (Å²) in [7, 11) is 1.93. The highest BCUT2D eigenvalue weighted by molar-refractivity contribution is 5.72. The van der Waals surface area contributed by atoms with Crippen LogP contribution in [0, 0.1) is 0 Å². The van der Waals surface area contributed by atoms with Gasteiger partial charge in [-0.25, -0.2) is 4.39 Å². The van der Waals surface area contributed by atoms with Gasteiger partial charge in [0.15, 0.2) is 5.82 Å². The van der Waals surface area contributed by atoms with Gasteiger partial charge >= 0.3 is 0 Å². The number of nitrogens with zero attached hydrogens (tertiary/aromatic N) is 3. The molecule has 1 aromatic heterocycles. The van der Waals surface area contributed by atoms with Crippen molar-refractivity contribution in [1.29, 1.82) is 0 Å². The predicted octanol–water partition coefficient (Wildman–Crippen LogP) is 2.38. The first-order valence-electron chi connectivity index (χ1n) is 8.95. The zero-order valence-electron chi connectivity index (χ0n) is 14.8. The third kappa shape index (κ3) is 3.37. The van der Waals surface area contributed by atoms with Crippen molar-refractivity contribution in [2.75, 3.05) is 32.1 Å². The Labute approximate surface area is 152 Å². The maximum Gasteiger partial charge on any atom is 0.152 e. The number of phenolic OH excluding ortho intramolecular Hbond substituents is 1. The highest BCUT2D eigenvalue weighted by Gasteiger charge is 2.28. The van der Waals surface area contributed by atoms with Gasteiger partial charge in [0.2, 0.25) is 0 Å². The molecule has 2 aliphatic rings. The smallest absolute Gasteiger partial charge is 0.152 e. The summed E-state index contributed by atoms with van der Waals surface area (Å²) in [6, 6.07) is 7.10. The Morgan fingerprint density at radius 3 is 2.88 bits per heavy atom. The number of likely N-dealkylation sites (tertiary alicyclic amines) is 1. The van der Waals surface area contributed by atoms with Gasteiger partial charge in [-0.1, -0.05) is 12.1 Å². The molecule has 4 rings (SSSR count). The molecule has 0 unspecified atom stereocenters. The van der Waals surface area contributed by atoms with E-state index in [9.17, 15) is 9.50 Å². The number of anilines is 1. The second-order valence-corrected chi connectivity index (χ2v) is 7.07. The SMILES string of the molecule is CN1C[C@H](F)C[C@@H](Nc2nnc(-c3ccccc3O)c3c2CCOC3)C1. The van der Waals surface area contributed by atoms with E-state index in [2.05, 4.69) is 15.5 Å². The second-order valence-electron chi connectivity index (χ2n) is 7.07. The molecule has 0 amide bonds. The number of hydrogen-bond acceptors (Lipinski definition) is 6. The number of phenols is 1. The number of para-hydroxylation sites is 1. The zero-order chi connectivity index (χ0) is 18.1. The molecular weight excluding hydrogens is 335 g/mol. The first kappa shape index (κ1) is 17.2. The Morgan fingerprint density at radius 2 is 2.08 bits per heavy atom. The van der Waals surface area contributed by atoms with E-state index in [0.717, 1.165) is 24.1 Å².